The quantitative estimate of drug-likeness (QED) is 0.0806. The molecule has 718 valence electrons. The average Bonchev–Trinajstić information content (AvgIpc) is 1.56. The molecule has 0 spiro atoms. The molecule has 15 nitrogen and oxygen atoms in total. The molecular formula is C125H143N10O5+5. The Morgan fingerprint density at radius 3 is 0.921 bits per heavy atom. The molecule has 15 heteroatoms. The Labute approximate surface area is 855 Å². The molecule has 15 heterocycles. The van der Waals surface area contributed by atoms with Gasteiger partial charge in [0.1, 0.15) is 35.2 Å². The van der Waals surface area contributed by atoms with Crippen molar-refractivity contribution in [2.24, 2.45) is 40.7 Å². The fraction of sp³-hybridized carbons (Fsp3) is 0.360. The molecule has 0 unspecified atom stereocenters. The van der Waals surface area contributed by atoms with Crippen molar-refractivity contribution in [2.75, 3.05) is 0 Å². The van der Waals surface area contributed by atoms with Crippen LogP contribution in [0.15, 0.2) is 211 Å². The van der Waals surface area contributed by atoms with Crippen LogP contribution in [0.25, 0.3) is 167 Å². The van der Waals surface area contributed by atoms with Gasteiger partial charge in [0, 0.05) is 174 Å². The summed E-state index contributed by atoms with van der Waals surface area (Å²) in [5, 5.41) is 9.31. The van der Waals surface area contributed by atoms with E-state index in [9.17, 15) is 0 Å². The number of furan rings is 5. The zero-order chi connectivity index (χ0) is 117. The van der Waals surface area contributed by atoms with E-state index in [-0.39, 0.29) is 0 Å². The van der Waals surface area contributed by atoms with Gasteiger partial charge in [-0.1, -0.05) is 184 Å². The Hall–Kier alpha value is -13.4. The molecular weight excluding hydrogens is 1720 g/mol. The van der Waals surface area contributed by atoms with E-state index in [1.54, 1.807) is 78.3 Å². The molecule has 0 amide bonds. The van der Waals surface area contributed by atoms with E-state index in [2.05, 4.69) is 45.1 Å². The Kier molecular flexibility index (Phi) is 21.8. The number of benzene rings is 5. The number of aryl methyl sites for hydroxylation is 19. The Bertz CT molecular complexity index is 8810. The van der Waals surface area contributed by atoms with Gasteiger partial charge in [0.15, 0.2) is 58.9 Å². The molecule has 0 bridgehead atoms. The Morgan fingerprint density at radius 1 is 0.321 bits per heavy atom. The third-order valence-electron chi connectivity index (χ3n) is 26.9. The second-order valence-corrected chi connectivity index (χ2v) is 38.7. The first-order valence-corrected chi connectivity index (χ1v) is 48.1. The van der Waals surface area contributed by atoms with Gasteiger partial charge in [0.2, 0.25) is 57.0 Å². The largest absolute Gasteiger partial charge is 0.437 e. The summed E-state index contributed by atoms with van der Waals surface area (Å²) in [6.45, 7) is 40.6. The Balaban J connectivity index is 0.000000135. The molecule has 0 radical (unpaired) electrons. The fourth-order valence-electron chi connectivity index (χ4n) is 19.5. The first kappa shape index (κ1) is 75.5. The minimum absolute atomic E-state index is 0.312. The summed E-state index contributed by atoms with van der Waals surface area (Å²) in [5.41, 5.74) is 26.7. The van der Waals surface area contributed by atoms with Crippen LogP contribution in [0.3, 0.4) is 0 Å². The summed E-state index contributed by atoms with van der Waals surface area (Å²) in [7, 11) is 9.41. The lowest BCUT2D eigenvalue weighted by Crippen LogP contribution is -2.32. The van der Waals surface area contributed by atoms with E-state index < -0.39 is 80.0 Å². The molecule has 1 aliphatic carbocycles. The maximum absolute atomic E-state index is 8.85. The smallest absolute Gasteiger partial charge is 0.227 e. The SMILES string of the molecule is [2H]C([2H])(C)c1cc(-c2c(C)ccc3c2oc2nc(C([2H])(C)C)ccc23)[n+](C)cc1C([2H])(C)C.[2H]C([2H])(C)c1cc(-c2c(C)ccc3c2oc2nc(C([2H])(C)C)ccc23)[n+](C)cc1C([2H])([2H])C.[2H]C([2H])(C)c1cc(-c2c(C)ccc3c2oc2nc(C)ccc23)[n+](C)cc1C([2H])([2H])C.[2H]C([2H])(C)c1cc(-c2c(C)ccc3c2oc2nc(C)ccc23)[n+](C)cc1C([2H])([2H])C.[2H]C1(c2ccc3c(n2)oc2c(-c4ccc(C([2H])([2H])C(C)(C)C)c[n+]4C)c(C)ccc23)CCCC1. The van der Waals surface area contributed by atoms with Crippen molar-refractivity contribution < 1.29 is 72.3 Å². The molecule has 0 N–H and O–H groups in total. The Morgan fingerprint density at radius 2 is 0.607 bits per heavy atom. The topological polar surface area (TPSA) is 150 Å². The molecule has 1 fully saturated rings. The van der Waals surface area contributed by atoms with Gasteiger partial charge < -0.3 is 22.1 Å². The van der Waals surface area contributed by atoms with Crippen molar-refractivity contribution in [2.45, 2.75) is 259 Å². The minimum atomic E-state index is -1.73. The second kappa shape index (κ2) is 40.4. The molecule has 1 aliphatic rings. The van der Waals surface area contributed by atoms with E-state index in [4.69, 9.17) is 54.5 Å². The molecule has 20 aromatic rings. The lowest BCUT2D eigenvalue weighted by atomic mass is 9.88. The summed E-state index contributed by atoms with van der Waals surface area (Å²) in [6, 6.07) is 50.9. The van der Waals surface area contributed by atoms with Crippen LogP contribution in [0, 0.1) is 53.9 Å². The van der Waals surface area contributed by atoms with E-state index in [0.717, 1.165) is 186 Å². The number of pyridine rings is 10. The summed E-state index contributed by atoms with van der Waals surface area (Å²) < 4.78 is 208. The number of nitrogens with zero attached hydrogens (tertiary/aromatic N) is 10. The van der Waals surface area contributed by atoms with Crippen LogP contribution in [-0.4, -0.2) is 24.9 Å². The van der Waals surface area contributed by atoms with Gasteiger partial charge in [-0.2, -0.15) is 0 Å². The van der Waals surface area contributed by atoms with Crippen molar-refractivity contribution in [1.82, 2.24) is 24.9 Å². The third kappa shape index (κ3) is 19.1. The number of hydrogen-bond acceptors (Lipinski definition) is 10. The second-order valence-electron chi connectivity index (χ2n) is 38.7. The van der Waals surface area contributed by atoms with Gasteiger partial charge in [-0.05, 0) is 252 Å². The van der Waals surface area contributed by atoms with Crippen molar-refractivity contribution in [3.63, 3.8) is 0 Å². The zero-order valence-corrected chi connectivity index (χ0v) is 86.2. The summed E-state index contributed by atoms with van der Waals surface area (Å²) in [6.07, 6.45) is -0.582. The molecule has 15 aromatic heterocycles. The summed E-state index contributed by atoms with van der Waals surface area (Å²) >= 11 is 0. The molecule has 1 saturated carbocycles. The predicted molar refractivity (Wildman–Crippen MR) is 576 cm³/mol. The molecule has 140 heavy (non-hydrogen) atoms. The van der Waals surface area contributed by atoms with Gasteiger partial charge in [-0.3, -0.25) is 0 Å². The molecule has 0 atom stereocenters. The minimum Gasteiger partial charge on any atom is -0.437 e. The standard InChI is InChI=1S/C28H33N2O.C26H31N2O.C25H29N2O.2C23H25N2O/c1-18-10-12-21-22-13-14-23(20-8-6-7-9-20)29-27(22)31-26(21)25(18)24-15-11-19(17-30(24)5)16-28(2,3)4;1-8-18-13-23(28(7)14-21(18)15(2)3)24-17(6)9-10-19-20-11-12-22(16(4)5)27-26(20)29-25(19)24;1-7-17-13-22(27(6)14-18(17)8-2)23-16(5)9-10-19-20-11-12-21(15(3)4)26-25(20)28-24(19)23;2*1-6-16-12-20(25(5)13-17(16)7-2)21-14(3)8-10-18-19-11-9-15(4)24-23(19)26-22(18)21/h10-15,17,20H,6-9,16H2,1-5H3;9-16H,8H2,1-7H3;9-15H,7-8H2,1-6H3;2*8-13H,6-7H2,1-5H3/q5*+1/i16D2,20D;8D2,15D,16D;7D2,8D2,15D;2*6D2,7D2. The summed E-state index contributed by atoms with van der Waals surface area (Å²) in [4.78, 5) is 23.1. The van der Waals surface area contributed by atoms with E-state index in [1.165, 1.54) is 48.5 Å². The van der Waals surface area contributed by atoms with Crippen LogP contribution < -0.4 is 22.8 Å². The van der Waals surface area contributed by atoms with Crippen molar-refractivity contribution in [1.29, 1.82) is 0 Å². The van der Waals surface area contributed by atoms with Gasteiger partial charge in [-0.15, -0.1) is 0 Å². The highest BCUT2D eigenvalue weighted by Crippen LogP contribution is 2.45. The first-order chi connectivity index (χ1) is 73.8. The van der Waals surface area contributed by atoms with Crippen LogP contribution in [0.2, 0.25) is 0 Å². The average molecular weight is 1890 g/mol. The van der Waals surface area contributed by atoms with Crippen LogP contribution in [0.1, 0.15) is 294 Å². The fourth-order valence-corrected chi connectivity index (χ4v) is 19.5. The van der Waals surface area contributed by atoms with E-state index in [0.29, 0.717) is 112 Å². The zero-order valence-electron chi connectivity index (χ0n) is 106. The maximum atomic E-state index is 8.85. The number of fused-ring (bicyclic) bond motifs is 15. The van der Waals surface area contributed by atoms with E-state index >= 15 is 0 Å². The van der Waals surface area contributed by atoms with Gasteiger partial charge >= 0.3 is 0 Å². The van der Waals surface area contributed by atoms with Crippen molar-refractivity contribution >= 4 is 110 Å². The van der Waals surface area contributed by atoms with Crippen LogP contribution in [0.4, 0.5) is 0 Å². The normalized spacial score (nSPS) is 15.9. The third-order valence-corrected chi connectivity index (χ3v) is 26.9. The highest BCUT2D eigenvalue weighted by molar-refractivity contribution is 6.13. The molecule has 0 saturated heterocycles. The van der Waals surface area contributed by atoms with Crippen LogP contribution in [0.5, 0.6) is 0 Å². The molecule has 5 aromatic carbocycles. The summed E-state index contributed by atoms with van der Waals surface area (Å²) in [5.74, 6) is -3.24. The highest BCUT2D eigenvalue weighted by Gasteiger charge is 2.32. The van der Waals surface area contributed by atoms with Gasteiger partial charge in [0.25, 0.3) is 0 Å². The first-order valence-electron chi connectivity index (χ1n) is 58.1. The van der Waals surface area contributed by atoms with Crippen molar-refractivity contribution in [3.8, 4) is 56.3 Å². The lowest BCUT2D eigenvalue weighted by Gasteiger charge is -2.17. The van der Waals surface area contributed by atoms with Crippen LogP contribution in [-0.2, 0) is 86.2 Å². The van der Waals surface area contributed by atoms with Crippen molar-refractivity contribution in [3.05, 3.63) is 295 Å². The number of hydrogen-bond donors (Lipinski definition) is 0. The maximum Gasteiger partial charge on any atom is 0.227 e. The predicted octanol–water partition coefficient (Wildman–Crippen LogP) is 30.1. The highest BCUT2D eigenvalue weighted by atomic mass is 16.4. The van der Waals surface area contributed by atoms with E-state index in [1.807, 2.05) is 254 Å². The number of aromatic nitrogens is 10. The van der Waals surface area contributed by atoms with Gasteiger partial charge in [-0.25, -0.2) is 47.8 Å². The number of rotatable bonds is 17. The van der Waals surface area contributed by atoms with Crippen LogP contribution >= 0.6 is 0 Å². The molecule has 0 aliphatic heterocycles. The molecule has 21 rings (SSSR count). The monoisotopic (exact) mass is 1880 g/mol. The van der Waals surface area contributed by atoms with Gasteiger partial charge in [0.05, 0.1) is 27.8 Å². The lowest BCUT2D eigenvalue weighted by molar-refractivity contribution is -0.661.